The first-order valence-electron chi connectivity index (χ1n) is 15.7. The second kappa shape index (κ2) is 9.80. The average molecular weight is 581 g/mol. The predicted octanol–water partition coefficient (Wildman–Crippen LogP) is 11.1. The highest BCUT2D eigenvalue weighted by molar-refractivity contribution is 5.90. The van der Waals surface area contributed by atoms with E-state index >= 15 is 0 Å². The van der Waals surface area contributed by atoms with Gasteiger partial charge in [-0.15, -0.1) is 0 Å². The van der Waals surface area contributed by atoms with Gasteiger partial charge in [-0.2, -0.15) is 0 Å². The molecule has 0 saturated heterocycles. The summed E-state index contributed by atoms with van der Waals surface area (Å²) in [7, 11) is 0. The summed E-state index contributed by atoms with van der Waals surface area (Å²) in [5.41, 5.74) is 12.6. The van der Waals surface area contributed by atoms with E-state index in [2.05, 4.69) is 164 Å². The number of hydrogen-bond donors (Lipinski definition) is 0. The largest absolute Gasteiger partial charge is 0.458 e. The Morgan fingerprint density at radius 3 is 2.27 bits per heavy atom. The van der Waals surface area contributed by atoms with Crippen LogP contribution >= 0.6 is 0 Å². The van der Waals surface area contributed by atoms with Gasteiger partial charge in [-0.05, 0) is 69.8 Å². The third-order valence-corrected chi connectivity index (χ3v) is 9.84. The van der Waals surface area contributed by atoms with Crippen LogP contribution in [0.1, 0.15) is 42.2 Å². The fourth-order valence-electron chi connectivity index (χ4n) is 7.49. The molecule has 0 saturated carbocycles. The zero-order chi connectivity index (χ0) is 30.1. The van der Waals surface area contributed by atoms with Gasteiger partial charge in [0.2, 0.25) is 0 Å². The smallest absolute Gasteiger partial charge is 0.153 e. The SMILES string of the molecule is CC1(C)c2ccccc2-c2ccc(N(c3ccc(-c4ccccc4)cc3)c3ccc4oc5c(c4n3)C=CC3C=CC=CC53)cc21. The second-order valence-electron chi connectivity index (χ2n) is 12.8. The van der Waals surface area contributed by atoms with Crippen molar-refractivity contribution in [1.82, 2.24) is 4.98 Å². The number of aromatic nitrogens is 1. The summed E-state index contributed by atoms with van der Waals surface area (Å²) in [6.07, 6.45) is 13.2. The van der Waals surface area contributed by atoms with Crippen LogP contribution in [-0.2, 0) is 5.41 Å². The number of pyridine rings is 1. The molecule has 0 fully saturated rings. The molecule has 0 aliphatic heterocycles. The summed E-state index contributed by atoms with van der Waals surface area (Å²) < 4.78 is 6.48. The van der Waals surface area contributed by atoms with Crippen molar-refractivity contribution in [2.45, 2.75) is 25.2 Å². The standard InChI is InChI=1S/C42H32N2O/c1-42(2)36-15-9-8-14-33(36)34-23-21-31(26-37(34)42)44(30-19-16-28(17-20-30)27-10-4-3-5-11-27)39-25-24-38-40(43-39)35-22-18-29-12-6-7-13-32(29)41(35)45-38/h3-26,29,32H,1-2H3. The van der Waals surface area contributed by atoms with Gasteiger partial charge in [-0.1, -0.05) is 123 Å². The fraction of sp³-hybridized carbons (Fsp3) is 0.119. The Kier molecular flexibility index (Phi) is 5.67. The first-order chi connectivity index (χ1) is 22.1. The van der Waals surface area contributed by atoms with Gasteiger partial charge in [0.25, 0.3) is 0 Å². The molecule has 0 N–H and O–H groups in total. The van der Waals surface area contributed by atoms with E-state index in [1.165, 1.54) is 33.4 Å². The van der Waals surface area contributed by atoms with Crippen LogP contribution in [0.3, 0.4) is 0 Å². The van der Waals surface area contributed by atoms with Crippen LogP contribution in [0.2, 0.25) is 0 Å². The lowest BCUT2D eigenvalue weighted by Gasteiger charge is -2.27. The molecule has 3 nitrogen and oxygen atoms in total. The van der Waals surface area contributed by atoms with E-state index in [1.807, 2.05) is 0 Å². The van der Waals surface area contributed by atoms with E-state index in [0.29, 0.717) is 5.92 Å². The van der Waals surface area contributed by atoms with Crippen LogP contribution in [0.15, 0.2) is 144 Å². The monoisotopic (exact) mass is 580 g/mol. The van der Waals surface area contributed by atoms with Crippen molar-refractivity contribution in [2.75, 3.05) is 4.90 Å². The zero-order valence-electron chi connectivity index (χ0n) is 25.3. The van der Waals surface area contributed by atoms with Gasteiger partial charge in [-0.25, -0.2) is 4.98 Å². The highest BCUT2D eigenvalue weighted by atomic mass is 16.3. The summed E-state index contributed by atoms with van der Waals surface area (Å²) in [5.74, 6) is 2.39. The molecule has 2 aromatic heterocycles. The predicted molar refractivity (Wildman–Crippen MR) is 185 cm³/mol. The van der Waals surface area contributed by atoms with Gasteiger partial charge >= 0.3 is 0 Å². The van der Waals surface area contributed by atoms with Crippen molar-refractivity contribution >= 4 is 34.4 Å². The van der Waals surface area contributed by atoms with Crippen molar-refractivity contribution < 1.29 is 4.42 Å². The zero-order valence-corrected chi connectivity index (χ0v) is 25.3. The number of anilines is 3. The summed E-state index contributed by atoms with van der Waals surface area (Å²) in [6, 6.07) is 39.2. The number of benzene rings is 4. The molecule has 9 rings (SSSR count). The Balaban J connectivity index is 1.20. The number of allylic oxidation sites excluding steroid dienone is 5. The van der Waals surface area contributed by atoms with Crippen LogP contribution in [0.25, 0.3) is 39.4 Å². The lowest BCUT2D eigenvalue weighted by atomic mass is 9.81. The number of rotatable bonds is 4. The van der Waals surface area contributed by atoms with E-state index in [1.54, 1.807) is 0 Å². The number of nitrogens with zero attached hydrogens (tertiary/aromatic N) is 2. The number of hydrogen-bond acceptors (Lipinski definition) is 3. The molecule has 2 unspecified atom stereocenters. The molecule has 3 heteroatoms. The molecule has 216 valence electrons. The van der Waals surface area contributed by atoms with Gasteiger partial charge in [0.05, 0.1) is 0 Å². The van der Waals surface area contributed by atoms with Crippen molar-refractivity contribution in [3.63, 3.8) is 0 Å². The third-order valence-electron chi connectivity index (χ3n) is 9.84. The molecule has 0 bridgehead atoms. The van der Waals surface area contributed by atoms with E-state index in [4.69, 9.17) is 9.40 Å². The van der Waals surface area contributed by atoms with Gasteiger partial charge in [-0.3, -0.25) is 4.90 Å². The molecule has 0 spiro atoms. The maximum Gasteiger partial charge on any atom is 0.153 e. The molecule has 4 aromatic carbocycles. The first-order valence-corrected chi connectivity index (χ1v) is 15.7. The quantitative estimate of drug-likeness (QED) is 0.208. The highest BCUT2D eigenvalue weighted by Crippen LogP contribution is 2.51. The Hall–Kier alpha value is -5.41. The summed E-state index contributed by atoms with van der Waals surface area (Å²) in [4.78, 5) is 7.61. The van der Waals surface area contributed by atoms with E-state index < -0.39 is 0 Å². The number of furan rings is 1. The van der Waals surface area contributed by atoms with Gasteiger partial charge in [0, 0.05) is 34.2 Å². The molecule has 0 radical (unpaired) electrons. The topological polar surface area (TPSA) is 29.3 Å². The Morgan fingerprint density at radius 1 is 0.667 bits per heavy atom. The number of fused-ring (bicyclic) bond motifs is 8. The maximum absolute atomic E-state index is 6.48. The molecule has 6 aromatic rings. The van der Waals surface area contributed by atoms with Crippen LogP contribution in [0.4, 0.5) is 17.2 Å². The molecule has 0 amide bonds. The van der Waals surface area contributed by atoms with Crippen molar-refractivity contribution in [1.29, 1.82) is 0 Å². The van der Waals surface area contributed by atoms with Gasteiger partial charge in [0.15, 0.2) is 5.58 Å². The van der Waals surface area contributed by atoms with Crippen LogP contribution < -0.4 is 4.90 Å². The summed E-state index contributed by atoms with van der Waals surface area (Å²) >= 11 is 0. The van der Waals surface area contributed by atoms with Crippen molar-refractivity contribution in [2.24, 2.45) is 5.92 Å². The Labute approximate surface area is 263 Å². The maximum atomic E-state index is 6.48. The normalized spacial score (nSPS) is 18.4. The van der Waals surface area contributed by atoms with Gasteiger partial charge in [0.1, 0.15) is 17.1 Å². The molecule has 45 heavy (non-hydrogen) atoms. The van der Waals surface area contributed by atoms with Crippen LogP contribution in [0, 0.1) is 5.92 Å². The minimum absolute atomic E-state index is 0.102. The van der Waals surface area contributed by atoms with Crippen LogP contribution in [0.5, 0.6) is 0 Å². The second-order valence-corrected chi connectivity index (χ2v) is 12.8. The van der Waals surface area contributed by atoms with Crippen molar-refractivity contribution in [3.8, 4) is 22.3 Å². The Bertz CT molecular complexity index is 2200. The lowest BCUT2D eigenvalue weighted by Crippen LogP contribution is -2.17. The molecule has 2 atom stereocenters. The minimum atomic E-state index is -0.102. The summed E-state index contributed by atoms with van der Waals surface area (Å²) in [6.45, 7) is 4.66. The minimum Gasteiger partial charge on any atom is -0.458 e. The lowest BCUT2D eigenvalue weighted by molar-refractivity contribution is 0.492. The third kappa shape index (κ3) is 4.00. The van der Waals surface area contributed by atoms with Crippen LogP contribution in [-0.4, -0.2) is 4.98 Å². The molecule has 2 heterocycles. The van der Waals surface area contributed by atoms with E-state index in [9.17, 15) is 0 Å². The van der Waals surface area contributed by atoms with Crippen molar-refractivity contribution in [3.05, 3.63) is 162 Å². The van der Waals surface area contributed by atoms with E-state index in [-0.39, 0.29) is 11.3 Å². The van der Waals surface area contributed by atoms with E-state index in [0.717, 1.165) is 39.6 Å². The van der Waals surface area contributed by atoms with Gasteiger partial charge < -0.3 is 4.42 Å². The summed E-state index contributed by atoms with van der Waals surface area (Å²) in [5, 5.41) is 0. The Morgan fingerprint density at radius 2 is 1.40 bits per heavy atom. The first kappa shape index (κ1) is 26.0. The highest BCUT2D eigenvalue weighted by Gasteiger charge is 2.36. The molecule has 3 aliphatic carbocycles. The molecular formula is C42H32N2O. The average Bonchev–Trinajstić information content (AvgIpc) is 3.58. The fourth-order valence-corrected chi connectivity index (χ4v) is 7.49. The molecular weight excluding hydrogens is 548 g/mol. The molecule has 3 aliphatic rings.